The summed E-state index contributed by atoms with van der Waals surface area (Å²) in [6.07, 6.45) is -3.32. The zero-order valence-electron chi connectivity index (χ0n) is 27.2. The standard InChI is InChI=1S/C35H41F4N3O5/c1-20(2)14-28(42-19-23(10-13-41-11-7-12-41)26(17-30(42)43)35(37,38)39)34(46)40-27(18-31(44)45)25-16-24(15-22(4)33(25)36)32-21(3)8-6-9-29(32)47-5/h6,8-9,15-17,19-20,27-28H,7,10-14,18H2,1-5H3,(H,40,46)(H,44,45)/t27-,28?/m0/s1. The molecular formula is C35H41F4N3O5. The lowest BCUT2D eigenvalue weighted by molar-refractivity contribution is -0.139. The maximum atomic E-state index is 15.8. The molecule has 254 valence electrons. The Morgan fingerprint density at radius 1 is 1.09 bits per heavy atom. The van der Waals surface area contributed by atoms with Crippen molar-refractivity contribution in [1.29, 1.82) is 0 Å². The molecule has 4 rings (SSSR count). The molecule has 47 heavy (non-hydrogen) atoms. The van der Waals surface area contributed by atoms with E-state index in [9.17, 15) is 32.7 Å². The third-order valence-corrected chi connectivity index (χ3v) is 8.54. The van der Waals surface area contributed by atoms with Gasteiger partial charge in [0, 0.05) is 29.9 Å². The molecule has 1 saturated heterocycles. The number of methoxy groups -OCH3 is 1. The third kappa shape index (κ3) is 8.40. The van der Waals surface area contributed by atoms with Crippen molar-refractivity contribution in [3.05, 3.63) is 86.6 Å². The first-order valence-electron chi connectivity index (χ1n) is 15.6. The zero-order chi connectivity index (χ0) is 34.6. The fourth-order valence-electron chi connectivity index (χ4n) is 6.03. The fourth-order valence-corrected chi connectivity index (χ4v) is 6.03. The Kier molecular flexibility index (Phi) is 11.2. The molecule has 8 nitrogen and oxygen atoms in total. The second-order valence-electron chi connectivity index (χ2n) is 12.6. The number of hydrogen-bond donors (Lipinski definition) is 2. The van der Waals surface area contributed by atoms with Gasteiger partial charge in [0.1, 0.15) is 17.6 Å². The molecule has 1 aliphatic rings. The van der Waals surface area contributed by atoms with Gasteiger partial charge in [-0.3, -0.25) is 14.4 Å². The maximum absolute atomic E-state index is 15.8. The molecule has 2 heterocycles. The number of carboxylic acids is 1. The van der Waals surface area contributed by atoms with E-state index in [2.05, 4.69) is 5.32 Å². The normalized spacial score (nSPS) is 14.9. The molecule has 0 aliphatic carbocycles. The quantitative estimate of drug-likeness (QED) is 0.204. The van der Waals surface area contributed by atoms with Crippen LogP contribution in [-0.2, 0) is 22.2 Å². The number of nitrogens with zero attached hydrogens (tertiary/aromatic N) is 2. The topological polar surface area (TPSA) is 101 Å². The van der Waals surface area contributed by atoms with Gasteiger partial charge in [-0.1, -0.05) is 26.0 Å². The number of hydrogen-bond acceptors (Lipinski definition) is 5. The number of aliphatic carboxylic acids is 1. The summed E-state index contributed by atoms with van der Waals surface area (Å²) in [5.41, 5.74) is -0.0271. The number of alkyl halides is 3. The summed E-state index contributed by atoms with van der Waals surface area (Å²) >= 11 is 0. The Labute approximate surface area is 271 Å². The number of amides is 1. The van der Waals surface area contributed by atoms with Gasteiger partial charge in [0.15, 0.2) is 0 Å². The molecule has 1 aromatic heterocycles. The van der Waals surface area contributed by atoms with Crippen molar-refractivity contribution in [2.45, 2.75) is 71.6 Å². The van der Waals surface area contributed by atoms with E-state index in [-0.39, 0.29) is 35.4 Å². The highest BCUT2D eigenvalue weighted by Gasteiger charge is 2.36. The van der Waals surface area contributed by atoms with Crippen molar-refractivity contribution in [3.63, 3.8) is 0 Å². The predicted octanol–water partition coefficient (Wildman–Crippen LogP) is 6.47. The minimum absolute atomic E-state index is 0.0203. The van der Waals surface area contributed by atoms with Gasteiger partial charge in [-0.25, -0.2) is 4.39 Å². The van der Waals surface area contributed by atoms with Crippen LogP contribution in [0, 0.1) is 25.6 Å². The second-order valence-corrected chi connectivity index (χ2v) is 12.6. The van der Waals surface area contributed by atoms with E-state index in [1.807, 2.05) is 17.9 Å². The van der Waals surface area contributed by atoms with Crippen LogP contribution in [0.4, 0.5) is 17.6 Å². The van der Waals surface area contributed by atoms with E-state index in [0.717, 1.165) is 35.8 Å². The van der Waals surface area contributed by atoms with E-state index in [0.29, 0.717) is 29.5 Å². The number of ether oxygens (including phenoxy) is 1. The Balaban J connectivity index is 1.78. The van der Waals surface area contributed by atoms with Crippen LogP contribution in [0.5, 0.6) is 5.75 Å². The number of benzene rings is 2. The number of carboxylic acid groups (broad SMARTS) is 1. The lowest BCUT2D eigenvalue weighted by Gasteiger charge is -2.31. The smallest absolute Gasteiger partial charge is 0.416 e. The van der Waals surface area contributed by atoms with Gasteiger partial charge in [-0.05, 0) is 92.6 Å². The third-order valence-electron chi connectivity index (χ3n) is 8.54. The number of halogens is 4. The van der Waals surface area contributed by atoms with Crippen molar-refractivity contribution in [2.24, 2.45) is 5.92 Å². The number of pyridine rings is 1. The Bertz CT molecular complexity index is 1680. The summed E-state index contributed by atoms with van der Waals surface area (Å²) in [6.45, 7) is 8.87. The lowest BCUT2D eigenvalue weighted by Crippen LogP contribution is -2.41. The first-order chi connectivity index (χ1) is 22.1. The van der Waals surface area contributed by atoms with Crippen LogP contribution in [0.15, 0.2) is 47.4 Å². The number of aromatic nitrogens is 1. The van der Waals surface area contributed by atoms with Crippen LogP contribution in [0.3, 0.4) is 0 Å². The monoisotopic (exact) mass is 659 g/mol. The van der Waals surface area contributed by atoms with Gasteiger partial charge in [0.25, 0.3) is 5.56 Å². The Hall–Kier alpha value is -4.19. The Morgan fingerprint density at radius 2 is 1.79 bits per heavy atom. The number of carbonyl (C=O) groups is 2. The molecule has 3 aromatic rings. The average molecular weight is 660 g/mol. The van der Waals surface area contributed by atoms with Gasteiger partial charge < -0.3 is 24.6 Å². The van der Waals surface area contributed by atoms with Crippen LogP contribution in [0.2, 0.25) is 0 Å². The molecule has 0 bridgehead atoms. The van der Waals surface area contributed by atoms with Crippen LogP contribution in [0.25, 0.3) is 11.1 Å². The molecule has 12 heteroatoms. The van der Waals surface area contributed by atoms with Crippen LogP contribution < -0.4 is 15.6 Å². The van der Waals surface area contributed by atoms with Crippen LogP contribution in [-0.4, -0.2) is 53.2 Å². The summed E-state index contributed by atoms with van der Waals surface area (Å²) in [6, 6.07) is 6.34. The summed E-state index contributed by atoms with van der Waals surface area (Å²) < 4.78 is 64.3. The van der Waals surface area contributed by atoms with Gasteiger partial charge in [0.05, 0.1) is 25.1 Å². The summed E-state index contributed by atoms with van der Waals surface area (Å²) in [4.78, 5) is 41.2. The highest BCUT2D eigenvalue weighted by Crippen LogP contribution is 2.37. The van der Waals surface area contributed by atoms with Crippen LogP contribution in [0.1, 0.15) is 73.0 Å². The molecule has 2 atom stereocenters. The highest BCUT2D eigenvalue weighted by molar-refractivity contribution is 5.82. The largest absolute Gasteiger partial charge is 0.496 e. The van der Waals surface area contributed by atoms with Crippen molar-refractivity contribution in [2.75, 3.05) is 26.7 Å². The molecular weight excluding hydrogens is 618 g/mol. The number of carbonyl (C=O) groups excluding carboxylic acids is 1. The first kappa shape index (κ1) is 35.7. The van der Waals surface area contributed by atoms with Crippen LogP contribution >= 0.6 is 0 Å². The molecule has 1 unspecified atom stereocenters. The summed E-state index contributed by atoms with van der Waals surface area (Å²) in [7, 11) is 1.50. The lowest BCUT2D eigenvalue weighted by atomic mass is 9.92. The SMILES string of the molecule is COc1cccc(C)c1-c1cc(C)c(F)c([C@H](CC(=O)O)NC(=O)C(CC(C)C)n2cc(CCN3CCC3)c(C(F)(F)F)cc2=O)c1. The molecule has 2 aromatic carbocycles. The van der Waals surface area contributed by atoms with Gasteiger partial charge in [-0.15, -0.1) is 0 Å². The minimum Gasteiger partial charge on any atom is -0.496 e. The van der Waals surface area contributed by atoms with E-state index >= 15 is 4.39 Å². The van der Waals surface area contributed by atoms with Crippen molar-refractivity contribution >= 4 is 11.9 Å². The van der Waals surface area contributed by atoms with Crippen molar-refractivity contribution in [3.8, 4) is 16.9 Å². The number of aryl methyl sites for hydroxylation is 2. The molecule has 1 fully saturated rings. The second kappa shape index (κ2) is 14.7. The zero-order valence-corrected chi connectivity index (χ0v) is 27.2. The fraction of sp³-hybridized carbons (Fsp3) is 0.457. The highest BCUT2D eigenvalue weighted by atomic mass is 19.4. The van der Waals surface area contributed by atoms with Crippen molar-refractivity contribution < 1.29 is 37.0 Å². The molecule has 0 spiro atoms. The van der Waals surface area contributed by atoms with E-state index in [1.54, 1.807) is 32.0 Å². The number of likely N-dealkylation sites (tertiary alicyclic amines) is 1. The number of nitrogens with one attached hydrogen (secondary N) is 1. The Morgan fingerprint density at radius 3 is 2.36 bits per heavy atom. The predicted molar refractivity (Wildman–Crippen MR) is 170 cm³/mol. The maximum Gasteiger partial charge on any atom is 0.416 e. The molecule has 0 radical (unpaired) electrons. The molecule has 1 aliphatic heterocycles. The van der Waals surface area contributed by atoms with E-state index in [4.69, 9.17) is 4.74 Å². The van der Waals surface area contributed by atoms with Gasteiger partial charge in [-0.2, -0.15) is 13.2 Å². The van der Waals surface area contributed by atoms with Gasteiger partial charge >= 0.3 is 12.1 Å². The average Bonchev–Trinajstić information content (AvgIpc) is 2.95. The summed E-state index contributed by atoms with van der Waals surface area (Å²) in [5.74, 6) is -2.50. The van der Waals surface area contributed by atoms with Crippen molar-refractivity contribution in [1.82, 2.24) is 14.8 Å². The minimum atomic E-state index is -4.77. The van der Waals surface area contributed by atoms with Gasteiger partial charge in [0.2, 0.25) is 5.91 Å². The number of rotatable bonds is 13. The first-order valence-corrected chi connectivity index (χ1v) is 15.6. The molecule has 2 N–H and O–H groups in total. The van der Waals surface area contributed by atoms with E-state index < -0.39 is 53.5 Å². The van der Waals surface area contributed by atoms with E-state index in [1.165, 1.54) is 20.1 Å². The summed E-state index contributed by atoms with van der Waals surface area (Å²) in [5, 5.41) is 12.4. The molecule has 1 amide bonds. The molecule has 0 saturated carbocycles.